The molecule has 0 aliphatic carbocycles. The van der Waals surface area contributed by atoms with Gasteiger partial charge in [-0.15, -0.1) is 0 Å². The zero-order valence-corrected chi connectivity index (χ0v) is 15.8. The molecule has 0 aliphatic heterocycles. The summed E-state index contributed by atoms with van der Waals surface area (Å²) >= 11 is 0. The van der Waals surface area contributed by atoms with Crippen LogP contribution in [-0.4, -0.2) is 27.8 Å². The number of nitrogens with two attached hydrogens (primary N) is 1. The van der Waals surface area contributed by atoms with Gasteiger partial charge in [-0.2, -0.15) is 0 Å². The number of H-pyrrole nitrogens is 1. The molecule has 142 valence electrons. The molecule has 3 rings (SSSR count). The Morgan fingerprint density at radius 1 is 1.37 bits per heavy atom. The Morgan fingerprint density at radius 2 is 2.11 bits per heavy atom. The van der Waals surface area contributed by atoms with E-state index in [1.54, 1.807) is 29.9 Å². The summed E-state index contributed by atoms with van der Waals surface area (Å²) in [7, 11) is 3.29. The van der Waals surface area contributed by atoms with Crippen LogP contribution in [0.15, 0.2) is 23.0 Å². The average molecular weight is 369 g/mol. The van der Waals surface area contributed by atoms with Crippen molar-refractivity contribution < 1.29 is 9.53 Å². The topological polar surface area (TPSA) is 115 Å². The molecule has 2 aromatic heterocycles. The van der Waals surface area contributed by atoms with E-state index >= 15 is 0 Å². The number of aryl methyl sites for hydroxylation is 3. The van der Waals surface area contributed by atoms with Crippen LogP contribution in [0.1, 0.15) is 23.2 Å². The van der Waals surface area contributed by atoms with Crippen molar-refractivity contribution in [1.82, 2.24) is 14.8 Å². The number of nitrogens with zero attached hydrogens (tertiary/aromatic N) is 2. The van der Waals surface area contributed by atoms with Crippen LogP contribution in [-0.2, 0) is 18.3 Å². The van der Waals surface area contributed by atoms with E-state index in [0.29, 0.717) is 34.6 Å². The first-order chi connectivity index (χ1) is 12.8. The Morgan fingerprint density at radius 3 is 2.78 bits per heavy atom. The molecule has 1 aromatic carbocycles. The molecule has 0 fully saturated rings. The van der Waals surface area contributed by atoms with Crippen molar-refractivity contribution in [2.75, 3.05) is 18.2 Å². The molecule has 0 aliphatic rings. The van der Waals surface area contributed by atoms with Gasteiger partial charge in [0, 0.05) is 24.8 Å². The number of carbonyl (C=O) groups excluding carboxylic acids is 1. The molecule has 0 saturated carbocycles. The monoisotopic (exact) mass is 369 g/mol. The maximum absolute atomic E-state index is 12.3. The molecule has 0 bridgehead atoms. The van der Waals surface area contributed by atoms with Crippen LogP contribution >= 0.6 is 0 Å². The second-order valence-corrected chi connectivity index (χ2v) is 6.50. The number of aromatic nitrogens is 3. The fourth-order valence-electron chi connectivity index (χ4n) is 3.29. The standard InChI is InChI=1S/C19H23N5O3/c1-10-13(11(2)21-18-17(10)19(26)23-24(18)3)6-8-16(25)22-12-5-7-15(27-4)14(20)9-12/h5,7,9H,6,8,20H2,1-4H3,(H,22,25)(H,23,26). The number of fused-ring (bicyclic) bond motifs is 1. The van der Waals surface area contributed by atoms with E-state index in [2.05, 4.69) is 15.4 Å². The number of benzene rings is 1. The molecule has 27 heavy (non-hydrogen) atoms. The predicted molar refractivity (Wildman–Crippen MR) is 105 cm³/mol. The van der Waals surface area contributed by atoms with Gasteiger partial charge in [-0.1, -0.05) is 0 Å². The van der Waals surface area contributed by atoms with E-state index in [4.69, 9.17) is 10.5 Å². The van der Waals surface area contributed by atoms with Crippen molar-refractivity contribution in [2.24, 2.45) is 7.05 Å². The number of rotatable bonds is 5. The van der Waals surface area contributed by atoms with Crippen molar-refractivity contribution in [3.8, 4) is 5.75 Å². The van der Waals surface area contributed by atoms with E-state index in [-0.39, 0.29) is 17.9 Å². The first-order valence-electron chi connectivity index (χ1n) is 8.60. The van der Waals surface area contributed by atoms with Gasteiger partial charge >= 0.3 is 0 Å². The molecular formula is C19H23N5O3. The van der Waals surface area contributed by atoms with E-state index in [1.165, 1.54) is 7.11 Å². The Kier molecular flexibility index (Phi) is 4.89. The number of amides is 1. The lowest BCUT2D eigenvalue weighted by Gasteiger charge is -2.11. The highest BCUT2D eigenvalue weighted by molar-refractivity contribution is 5.91. The molecule has 8 nitrogen and oxygen atoms in total. The lowest BCUT2D eigenvalue weighted by Crippen LogP contribution is -2.14. The number of ether oxygens (including phenoxy) is 1. The highest BCUT2D eigenvalue weighted by atomic mass is 16.5. The first-order valence-corrected chi connectivity index (χ1v) is 8.60. The average Bonchev–Trinajstić information content (AvgIpc) is 2.88. The van der Waals surface area contributed by atoms with Gasteiger partial charge in [0.05, 0.1) is 18.2 Å². The molecule has 8 heteroatoms. The van der Waals surface area contributed by atoms with Crippen molar-refractivity contribution in [1.29, 1.82) is 0 Å². The summed E-state index contributed by atoms with van der Waals surface area (Å²) in [4.78, 5) is 29.0. The van der Waals surface area contributed by atoms with Gasteiger partial charge < -0.3 is 15.8 Å². The third-order valence-corrected chi connectivity index (χ3v) is 4.69. The van der Waals surface area contributed by atoms with Crippen molar-refractivity contribution in [3.05, 3.63) is 45.4 Å². The molecule has 4 N–H and O–H groups in total. The van der Waals surface area contributed by atoms with Crippen LogP contribution in [0, 0.1) is 13.8 Å². The zero-order valence-electron chi connectivity index (χ0n) is 15.8. The van der Waals surface area contributed by atoms with Crippen LogP contribution in [0.3, 0.4) is 0 Å². The Labute approximate surface area is 156 Å². The highest BCUT2D eigenvalue weighted by Crippen LogP contribution is 2.25. The van der Waals surface area contributed by atoms with Gasteiger partial charge in [0.2, 0.25) is 5.91 Å². The van der Waals surface area contributed by atoms with Crippen LogP contribution in [0.25, 0.3) is 11.0 Å². The largest absolute Gasteiger partial charge is 0.495 e. The minimum Gasteiger partial charge on any atom is -0.495 e. The van der Waals surface area contributed by atoms with Crippen LogP contribution in [0.2, 0.25) is 0 Å². The highest BCUT2D eigenvalue weighted by Gasteiger charge is 2.16. The Bertz CT molecular complexity index is 1080. The summed E-state index contributed by atoms with van der Waals surface area (Å²) in [6, 6.07) is 5.10. The smallest absolute Gasteiger partial charge is 0.273 e. The van der Waals surface area contributed by atoms with Gasteiger partial charge in [-0.3, -0.25) is 19.4 Å². The number of hydrogen-bond donors (Lipinski definition) is 3. The Hall–Kier alpha value is -3.29. The number of pyridine rings is 1. The van der Waals surface area contributed by atoms with E-state index < -0.39 is 0 Å². The van der Waals surface area contributed by atoms with Gasteiger partial charge in [-0.25, -0.2) is 4.98 Å². The minimum atomic E-state index is -0.170. The number of carbonyl (C=O) groups is 1. The normalized spacial score (nSPS) is 11.0. The maximum Gasteiger partial charge on any atom is 0.273 e. The second kappa shape index (κ2) is 7.14. The van der Waals surface area contributed by atoms with Crippen molar-refractivity contribution in [3.63, 3.8) is 0 Å². The van der Waals surface area contributed by atoms with Gasteiger partial charge in [0.25, 0.3) is 5.56 Å². The summed E-state index contributed by atoms with van der Waals surface area (Å²) in [5, 5.41) is 6.12. The number of nitrogen functional groups attached to an aromatic ring is 1. The molecule has 0 radical (unpaired) electrons. The fourth-order valence-corrected chi connectivity index (χ4v) is 3.29. The molecule has 2 heterocycles. The van der Waals surface area contributed by atoms with Crippen LogP contribution < -0.4 is 21.3 Å². The summed E-state index contributed by atoms with van der Waals surface area (Å²) in [6.07, 6.45) is 0.762. The molecule has 3 aromatic rings. The first kappa shape index (κ1) is 18.5. The SMILES string of the molecule is COc1ccc(NC(=O)CCc2c(C)nc3c(c2C)c(=O)[nH]n3C)cc1N. The number of nitrogens with one attached hydrogen (secondary N) is 2. The second-order valence-electron chi connectivity index (χ2n) is 6.50. The third kappa shape index (κ3) is 3.51. The van der Waals surface area contributed by atoms with Gasteiger partial charge in [0.1, 0.15) is 5.75 Å². The molecule has 1 amide bonds. The van der Waals surface area contributed by atoms with E-state index in [9.17, 15) is 9.59 Å². The number of hydrogen-bond acceptors (Lipinski definition) is 5. The molecule has 0 saturated heterocycles. The number of aromatic amines is 1. The van der Waals surface area contributed by atoms with E-state index in [0.717, 1.165) is 16.8 Å². The van der Waals surface area contributed by atoms with Crippen LogP contribution in [0.4, 0.5) is 11.4 Å². The summed E-state index contributed by atoms with van der Waals surface area (Å²) in [5.41, 5.74) is 9.98. The van der Waals surface area contributed by atoms with Crippen LogP contribution in [0.5, 0.6) is 5.75 Å². The number of anilines is 2. The van der Waals surface area contributed by atoms with Gasteiger partial charge in [0.15, 0.2) is 5.65 Å². The molecular weight excluding hydrogens is 346 g/mol. The lowest BCUT2D eigenvalue weighted by atomic mass is 10.00. The molecule has 0 spiro atoms. The summed E-state index contributed by atoms with van der Waals surface area (Å²) in [6.45, 7) is 3.78. The maximum atomic E-state index is 12.3. The van der Waals surface area contributed by atoms with Crippen molar-refractivity contribution in [2.45, 2.75) is 26.7 Å². The third-order valence-electron chi connectivity index (χ3n) is 4.69. The summed E-state index contributed by atoms with van der Waals surface area (Å²) < 4.78 is 6.72. The molecule has 0 atom stereocenters. The molecule has 0 unspecified atom stereocenters. The zero-order chi connectivity index (χ0) is 19.7. The van der Waals surface area contributed by atoms with E-state index in [1.807, 2.05) is 13.8 Å². The predicted octanol–water partition coefficient (Wildman–Crippen LogP) is 2.04. The van der Waals surface area contributed by atoms with Gasteiger partial charge in [-0.05, 0) is 49.6 Å². The minimum absolute atomic E-state index is 0.138. The summed E-state index contributed by atoms with van der Waals surface area (Å²) in [5.74, 6) is 0.423. The lowest BCUT2D eigenvalue weighted by molar-refractivity contribution is -0.116. The van der Waals surface area contributed by atoms with Crippen molar-refractivity contribution >= 4 is 28.3 Å². The Balaban J connectivity index is 1.76. The fraction of sp³-hybridized carbons (Fsp3) is 0.316. The quantitative estimate of drug-likeness (QED) is 0.595. The number of methoxy groups -OCH3 is 1.